The number of aromatic nitrogens is 2. The number of furan rings is 1. The third kappa shape index (κ3) is 3.66. The normalized spacial score (nSPS) is 11.2. The Bertz CT molecular complexity index is 1060. The number of ketones is 1. The first kappa shape index (κ1) is 16.7. The molecule has 8 nitrogen and oxygen atoms in total. The van der Waals surface area contributed by atoms with Gasteiger partial charge in [0, 0.05) is 17.3 Å². The van der Waals surface area contributed by atoms with E-state index in [1.807, 2.05) is 0 Å². The van der Waals surface area contributed by atoms with E-state index in [2.05, 4.69) is 14.9 Å². The first-order chi connectivity index (χ1) is 11.8. The quantitative estimate of drug-likeness (QED) is 0.672. The van der Waals surface area contributed by atoms with Crippen LogP contribution in [-0.2, 0) is 10.0 Å². The molecule has 0 aliphatic carbocycles. The summed E-state index contributed by atoms with van der Waals surface area (Å²) < 4.78 is 32.4. The van der Waals surface area contributed by atoms with Crippen LogP contribution in [0.2, 0.25) is 0 Å². The maximum Gasteiger partial charge on any atom is 0.295 e. The highest BCUT2D eigenvalue weighted by atomic mass is 32.2. The molecule has 0 amide bonds. The van der Waals surface area contributed by atoms with Crippen molar-refractivity contribution in [2.45, 2.75) is 12.0 Å². The van der Waals surface area contributed by atoms with Crippen molar-refractivity contribution < 1.29 is 17.6 Å². The lowest BCUT2D eigenvalue weighted by atomic mass is 10.1. The molecule has 0 saturated carbocycles. The van der Waals surface area contributed by atoms with Gasteiger partial charge in [-0.05, 0) is 49.4 Å². The molecule has 2 aromatic heterocycles. The largest absolute Gasteiger partial charge is 0.441 e. The predicted molar refractivity (Wildman–Crippen MR) is 89.8 cm³/mol. The fourth-order valence-electron chi connectivity index (χ4n) is 2.06. The van der Waals surface area contributed by atoms with Crippen LogP contribution < -0.4 is 10.3 Å². The Morgan fingerprint density at radius 1 is 1.08 bits per heavy atom. The number of hydrogen-bond donors (Lipinski definition) is 2. The minimum absolute atomic E-state index is 0.113. The molecule has 0 spiro atoms. The van der Waals surface area contributed by atoms with E-state index in [-0.39, 0.29) is 22.2 Å². The molecule has 2 N–H and O–H groups in total. The minimum Gasteiger partial charge on any atom is -0.441 e. The summed E-state index contributed by atoms with van der Waals surface area (Å²) in [5.41, 5.74) is 0.697. The van der Waals surface area contributed by atoms with Crippen LogP contribution in [0, 0.1) is 0 Å². The number of H-pyrrole nitrogens is 1. The average Bonchev–Trinajstić information content (AvgIpc) is 3.06. The molecule has 0 aliphatic rings. The summed E-state index contributed by atoms with van der Waals surface area (Å²) in [7, 11) is -3.94. The van der Waals surface area contributed by atoms with Crippen LogP contribution in [0.3, 0.4) is 0 Å². The number of aromatic amines is 1. The van der Waals surface area contributed by atoms with Gasteiger partial charge in [-0.2, -0.15) is 13.5 Å². The van der Waals surface area contributed by atoms with Gasteiger partial charge in [0.05, 0.1) is 0 Å². The summed E-state index contributed by atoms with van der Waals surface area (Å²) >= 11 is 0. The highest BCUT2D eigenvalue weighted by Crippen LogP contribution is 2.24. The summed E-state index contributed by atoms with van der Waals surface area (Å²) in [6.45, 7) is 1.43. The fraction of sp³-hybridized carbons (Fsp3) is 0.0625. The van der Waals surface area contributed by atoms with Crippen LogP contribution in [0.4, 0.5) is 5.69 Å². The first-order valence-corrected chi connectivity index (χ1v) is 8.63. The van der Waals surface area contributed by atoms with Crippen molar-refractivity contribution in [3.8, 4) is 11.5 Å². The zero-order valence-electron chi connectivity index (χ0n) is 13.0. The second-order valence-electron chi connectivity index (χ2n) is 5.16. The van der Waals surface area contributed by atoms with Crippen molar-refractivity contribution in [3.63, 3.8) is 0 Å². The predicted octanol–water partition coefficient (Wildman–Crippen LogP) is 2.03. The van der Waals surface area contributed by atoms with Gasteiger partial charge in [-0.15, -0.1) is 0 Å². The number of benzene rings is 1. The molecule has 0 saturated heterocycles. The minimum atomic E-state index is -3.94. The molecule has 0 fully saturated rings. The standard InChI is InChI=1S/C16H13N3O5S/c1-10(20)11-2-4-12(5-3-11)19-25(22,23)16-9-7-14(24-16)13-6-8-15(21)18-17-13/h2-9,19H,1H3,(H,18,21). The van der Waals surface area contributed by atoms with Crippen LogP contribution >= 0.6 is 0 Å². The van der Waals surface area contributed by atoms with E-state index in [1.165, 1.54) is 55.5 Å². The molecular weight excluding hydrogens is 346 g/mol. The van der Waals surface area contributed by atoms with Crippen LogP contribution in [-0.4, -0.2) is 24.4 Å². The van der Waals surface area contributed by atoms with E-state index in [0.717, 1.165) is 0 Å². The van der Waals surface area contributed by atoms with Crippen molar-refractivity contribution in [1.29, 1.82) is 0 Å². The summed E-state index contributed by atoms with van der Waals surface area (Å²) in [6.07, 6.45) is 0. The van der Waals surface area contributed by atoms with Crippen LogP contribution in [0.5, 0.6) is 0 Å². The van der Waals surface area contributed by atoms with Gasteiger partial charge in [0.15, 0.2) is 11.5 Å². The van der Waals surface area contributed by atoms with Gasteiger partial charge >= 0.3 is 0 Å². The summed E-state index contributed by atoms with van der Waals surface area (Å²) in [5.74, 6) is 0.0852. The SMILES string of the molecule is CC(=O)c1ccc(NS(=O)(=O)c2ccc(-c3ccc(=O)[nH]n3)o2)cc1. The van der Waals surface area contributed by atoms with Crippen molar-refractivity contribution >= 4 is 21.5 Å². The van der Waals surface area contributed by atoms with Gasteiger partial charge < -0.3 is 4.42 Å². The van der Waals surface area contributed by atoms with Crippen LogP contribution in [0.1, 0.15) is 17.3 Å². The monoisotopic (exact) mass is 359 g/mol. The van der Waals surface area contributed by atoms with Gasteiger partial charge in [-0.3, -0.25) is 14.3 Å². The van der Waals surface area contributed by atoms with Gasteiger partial charge in [-0.1, -0.05) is 0 Å². The number of Topliss-reactive ketones (excluding diaryl/α,β-unsaturated/α-hetero) is 1. The van der Waals surface area contributed by atoms with Crippen LogP contribution in [0.15, 0.2) is 62.8 Å². The van der Waals surface area contributed by atoms with E-state index in [9.17, 15) is 18.0 Å². The number of nitrogens with zero attached hydrogens (tertiary/aromatic N) is 1. The molecule has 9 heteroatoms. The fourth-order valence-corrected chi connectivity index (χ4v) is 3.06. The number of anilines is 1. The van der Waals surface area contributed by atoms with Gasteiger partial charge in [-0.25, -0.2) is 5.10 Å². The third-order valence-corrected chi connectivity index (χ3v) is 4.57. The second-order valence-corrected chi connectivity index (χ2v) is 6.78. The van der Waals surface area contributed by atoms with Crippen molar-refractivity contribution in [2.24, 2.45) is 0 Å². The lowest BCUT2D eigenvalue weighted by molar-refractivity contribution is 0.101. The average molecular weight is 359 g/mol. The number of nitrogens with one attached hydrogen (secondary N) is 2. The maximum absolute atomic E-state index is 12.4. The molecule has 0 bridgehead atoms. The molecule has 2 heterocycles. The molecule has 128 valence electrons. The van der Waals surface area contributed by atoms with E-state index in [0.29, 0.717) is 16.9 Å². The Balaban J connectivity index is 1.84. The molecule has 0 radical (unpaired) electrons. The molecule has 0 aliphatic heterocycles. The Labute approximate surface area is 142 Å². The molecule has 0 unspecified atom stereocenters. The molecule has 1 aromatic carbocycles. The summed E-state index contributed by atoms with van der Waals surface area (Å²) in [4.78, 5) is 22.3. The van der Waals surface area contributed by atoms with Gasteiger partial charge in [0.25, 0.3) is 15.6 Å². The van der Waals surface area contributed by atoms with E-state index >= 15 is 0 Å². The van der Waals surface area contributed by atoms with Crippen molar-refractivity contribution in [3.05, 3.63) is 64.4 Å². The molecule has 3 rings (SSSR count). The van der Waals surface area contributed by atoms with Crippen LogP contribution in [0.25, 0.3) is 11.5 Å². The summed E-state index contributed by atoms with van der Waals surface area (Å²) in [6, 6.07) is 11.4. The Morgan fingerprint density at radius 3 is 2.40 bits per heavy atom. The lowest BCUT2D eigenvalue weighted by Crippen LogP contribution is -2.12. The van der Waals surface area contributed by atoms with E-state index in [4.69, 9.17) is 4.42 Å². The number of rotatable bonds is 5. The number of hydrogen-bond acceptors (Lipinski definition) is 6. The molecule has 25 heavy (non-hydrogen) atoms. The summed E-state index contributed by atoms with van der Waals surface area (Å²) in [5, 5.41) is 5.72. The van der Waals surface area contributed by atoms with Gasteiger partial charge in [0.1, 0.15) is 5.69 Å². The van der Waals surface area contributed by atoms with E-state index < -0.39 is 10.0 Å². The maximum atomic E-state index is 12.4. The van der Waals surface area contributed by atoms with Crippen molar-refractivity contribution in [2.75, 3.05) is 4.72 Å². The van der Waals surface area contributed by atoms with Crippen molar-refractivity contribution in [1.82, 2.24) is 10.2 Å². The number of sulfonamides is 1. The Hall–Kier alpha value is -3.20. The number of carbonyl (C=O) groups is 1. The zero-order valence-corrected chi connectivity index (χ0v) is 13.8. The topological polar surface area (TPSA) is 122 Å². The number of carbonyl (C=O) groups excluding carboxylic acids is 1. The molecular formula is C16H13N3O5S. The zero-order chi connectivity index (χ0) is 18.0. The van der Waals surface area contributed by atoms with Gasteiger partial charge in [0.2, 0.25) is 5.09 Å². The highest BCUT2D eigenvalue weighted by molar-refractivity contribution is 7.92. The van der Waals surface area contributed by atoms with E-state index in [1.54, 1.807) is 0 Å². The molecule has 0 atom stereocenters. The Kier molecular flexibility index (Phi) is 4.24. The Morgan fingerprint density at radius 2 is 1.80 bits per heavy atom. The smallest absolute Gasteiger partial charge is 0.295 e. The highest BCUT2D eigenvalue weighted by Gasteiger charge is 2.20. The first-order valence-electron chi connectivity index (χ1n) is 7.15. The second kappa shape index (κ2) is 6.36. The third-order valence-electron chi connectivity index (χ3n) is 3.32. The molecule has 3 aromatic rings. The lowest BCUT2D eigenvalue weighted by Gasteiger charge is -2.06.